The molecule has 0 bridgehead atoms. The van der Waals surface area contributed by atoms with Gasteiger partial charge in [-0.25, -0.2) is 19.6 Å². The molecule has 150 valence electrons. The van der Waals surface area contributed by atoms with Crippen molar-refractivity contribution in [3.63, 3.8) is 0 Å². The Bertz CT molecular complexity index is 1070. The molecule has 3 N–H and O–H groups in total. The van der Waals surface area contributed by atoms with E-state index < -0.39 is 0 Å². The van der Waals surface area contributed by atoms with Crippen molar-refractivity contribution in [2.45, 2.75) is 0 Å². The predicted molar refractivity (Wildman–Crippen MR) is 120 cm³/mol. The predicted octanol–water partition coefficient (Wildman–Crippen LogP) is 4.12. The van der Waals surface area contributed by atoms with E-state index in [1.807, 2.05) is 48.5 Å². The molecule has 0 radical (unpaired) electrons. The number of benzene rings is 2. The van der Waals surface area contributed by atoms with Gasteiger partial charge in [0.25, 0.3) is 0 Å². The number of amides is 4. The molecule has 0 saturated heterocycles. The number of fused-ring (bicyclic) bond motifs is 2. The monoisotopic (exact) mass is 428 g/mol. The summed E-state index contributed by atoms with van der Waals surface area (Å²) in [5, 5.41) is 8.99. The van der Waals surface area contributed by atoms with Gasteiger partial charge in [-0.05, 0) is 24.3 Å². The molecule has 29 heavy (non-hydrogen) atoms. The van der Waals surface area contributed by atoms with Crippen LogP contribution < -0.4 is 20.9 Å². The molecule has 8 nitrogen and oxygen atoms in total. The smallest absolute Gasteiger partial charge is 0.323 e. The number of nitrogens with one attached hydrogen (secondary N) is 3. The fourth-order valence-corrected chi connectivity index (χ4v) is 4.13. The number of carbonyl (C=O) groups is 2. The minimum Gasteiger partial charge on any atom is -0.341 e. The molecule has 0 unspecified atom stereocenters. The summed E-state index contributed by atoms with van der Waals surface area (Å²) in [6, 6.07) is 15.2. The Morgan fingerprint density at radius 1 is 0.862 bits per heavy atom. The molecular formula is C19H20N6O2S2. The summed E-state index contributed by atoms with van der Waals surface area (Å²) >= 11 is 2.96. The highest BCUT2D eigenvalue weighted by Gasteiger charge is 2.13. The van der Waals surface area contributed by atoms with Crippen LogP contribution in [0.25, 0.3) is 20.4 Å². The highest BCUT2D eigenvalue weighted by Crippen LogP contribution is 2.27. The van der Waals surface area contributed by atoms with Crippen LogP contribution in [0.5, 0.6) is 0 Å². The van der Waals surface area contributed by atoms with E-state index in [1.54, 1.807) is 21.1 Å². The third kappa shape index (κ3) is 4.98. The maximum Gasteiger partial charge on any atom is 0.323 e. The number of para-hydroxylation sites is 2. The molecule has 0 aliphatic heterocycles. The summed E-state index contributed by atoms with van der Waals surface area (Å²) in [5.74, 6) is 0. The Labute approximate surface area is 175 Å². The van der Waals surface area contributed by atoms with Crippen LogP contribution in [0.1, 0.15) is 0 Å². The zero-order valence-electron chi connectivity index (χ0n) is 16.1. The van der Waals surface area contributed by atoms with Crippen molar-refractivity contribution in [1.82, 2.24) is 20.6 Å². The summed E-state index contributed by atoms with van der Waals surface area (Å²) in [6.07, 6.45) is 0. The van der Waals surface area contributed by atoms with Crippen molar-refractivity contribution in [3.8, 4) is 0 Å². The number of carbonyl (C=O) groups excluding carboxylic acids is 2. The van der Waals surface area contributed by atoms with E-state index in [0.717, 1.165) is 20.4 Å². The first-order valence-corrected chi connectivity index (χ1v) is 10.3. The average Bonchev–Trinajstić information content (AvgIpc) is 3.36. The molecule has 0 aliphatic rings. The van der Waals surface area contributed by atoms with Crippen LogP contribution in [-0.2, 0) is 0 Å². The fraction of sp³-hybridized carbons (Fsp3) is 0.158. The third-order valence-electron chi connectivity index (χ3n) is 3.83. The molecule has 4 rings (SSSR count). The van der Waals surface area contributed by atoms with Crippen molar-refractivity contribution in [2.75, 3.05) is 31.4 Å². The van der Waals surface area contributed by atoms with Crippen LogP contribution in [-0.4, -0.2) is 43.2 Å². The zero-order valence-corrected chi connectivity index (χ0v) is 17.7. The second-order valence-electron chi connectivity index (χ2n) is 5.77. The summed E-state index contributed by atoms with van der Waals surface area (Å²) in [7, 11) is 4.88. The standard InChI is InChI=1S/C10H11N3OS.C9H9N3OS/c1-11-9(14)13(2)10-12-7-5-3-4-6-8(7)15-10;1-10-8(13)12-9-11-6-4-2-3-5-7(6)14-9/h3-6H,1-2H3,(H,11,14);2-5H,1H3,(H2,10,11,12,13). The molecule has 2 aromatic heterocycles. The lowest BCUT2D eigenvalue weighted by Crippen LogP contribution is -2.34. The zero-order chi connectivity index (χ0) is 20.8. The van der Waals surface area contributed by atoms with Gasteiger partial charge in [0, 0.05) is 21.1 Å². The molecule has 0 saturated carbocycles. The number of anilines is 2. The number of urea groups is 2. The Morgan fingerprint density at radius 3 is 2.00 bits per heavy atom. The van der Waals surface area contributed by atoms with E-state index in [0.29, 0.717) is 10.3 Å². The van der Waals surface area contributed by atoms with Crippen molar-refractivity contribution < 1.29 is 9.59 Å². The maximum atomic E-state index is 11.4. The third-order valence-corrected chi connectivity index (χ3v) is 5.89. The fourth-order valence-electron chi connectivity index (χ4n) is 2.34. The first kappa shape index (κ1) is 20.5. The molecular weight excluding hydrogens is 408 g/mol. The highest BCUT2D eigenvalue weighted by atomic mass is 32.1. The van der Waals surface area contributed by atoms with Gasteiger partial charge >= 0.3 is 12.1 Å². The minimum atomic E-state index is -0.246. The van der Waals surface area contributed by atoms with Gasteiger partial charge in [-0.2, -0.15) is 0 Å². The van der Waals surface area contributed by atoms with Gasteiger partial charge in [-0.3, -0.25) is 10.2 Å². The maximum absolute atomic E-state index is 11.4. The van der Waals surface area contributed by atoms with Gasteiger partial charge < -0.3 is 10.6 Å². The van der Waals surface area contributed by atoms with Crippen molar-refractivity contribution in [1.29, 1.82) is 0 Å². The number of rotatable bonds is 2. The quantitative estimate of drug-likeness (QED) is 0.447. The van der Waals surface area contributed by atoms with E-state index in [2.05, 4.69) is 25.9 Å². The summed E-state index contributed by atoms with van der Waals surface area (Å²) in [4.78, 5) is 32.5. The van der Waals surface area contributed by atoms with Gasteiger partial charge in [-0.1, -0.05) is 46.9 Å². The molecule has 2 aromatic carbocycles. The molecule has 2 heterocycles. The Balaban J connectivity index is 0.000000166. The molecule has 0 spiro atoms. The van der Waals surface area contributed by atoms with E-state index in [1.165, 1.54) is 27.6 Å². The van der Waals surface area contributed by atoms with Crippen molar-refractivity contribution >= 4 is 65.4 Å². The first-order valence-electron chi connectivity index (χ1n) is 8.67. The Kier molecular flexibility index (Phi) is 6.57. The Hall–Kier alpha value is -3.24. The Morgan fingerprint density at radius 2 is 1.45 bits per heavy atom. The van der Waals surface area contributed by atoms with Crippen LogP contribution in [0.3, 0.4) is 0 Å². The number of nitrogens with zero attached hydrogens (tertiary/aromatic N) is 3. The lowest BCUT2D eigenvalue weighted by Gasteiger charge is -2.11. The average molecular weight is 429 g/mol. The lowest BCUT2D eigenvalue weighted by atomic mass is 10.3. The number of thiazole rings is 2. The van der Waals surface area contributed by atoms with Crippen molar-refractivity contribution in [2.24, 2.45) is 0 Å². The van der Waals surface area contributed by atoms with Gasteiger partial charge in [0.2, 0.25) is 0 Å². The van der Waals surface area contributed by atoms with Crippen LogP contribution in [0.2, 0.25) is 0 Å². The van der Waals surface area contributed by atoms with Crippen molar-refractivity contribution in [3.05, 3.63) is 48.5 Å². The second kappa shape index (κ2) is 9.30. The van der Waals surface area contributed by atoms with Crippen LogP contribution >= 0.6 is 22.7 Å². The molecule has 4 aromatic rings. The normalized spacial score (nSPS) is 10.2. The molecule has 0 fully saturated rings. The van der Waals surface area contributed by atoms with Crippen LogP contribution in [0.4, 0.5) is 19.9 Å². The molecule has 10 heteroatoms. The van der Waals surface area contributed by atoms with Gasteiger partial charge in [0.1, 0.15) is 0 Å². The molecule has 0 atom stereocenters. The molecule has 4 amide bonds. The number of hydrogen-bond acceptors (Lipinski definition) is 6. The number of aromatic nitrogens is 2. The van der Waals surface area contributed by atoms with Gasteiger partial charge in [0.15, 0.2) is 10.3 Å². The van der Waals surface area contributed by atoms with E-state index >= 15 is 0 Å². The summed E-state index contributed by atoms with van der Waals surface area (Å²) in [6.45, 7) is 0. The second-order valence-corrected chi connectivity index (χ2v) is 7.81. The minimum absolute atomic E-state index is 0.158. The van der Waals surface area contributed by atoms with E-state index in [9.17, 15) is 9.59 Å². The van der Waals surface area contributed by atoms with Crippen LogP contribution in [0, 0.1) is 0 Å². The lowest BCUT2D eigenvalue weighted by molar-refractivity contribution is 0.249. The van der Waals surface area contributed by atoms with E-state index in [-0.39, 0.29) is 12.1 Å². The number of hydrogen-bond donors (Lipinski definition) is 3. The SMILES string of the molecule is CNC(=O)N(C)c1nc2ccccc2s1.CNC(=O)Nc1nc2ccccc2s1. The molecule has 0 aliphatic carbocycles. The topological polar surface area (TPSA) is 99.3 Å². The summed E-state index contributed by atoms with van der Waals surface area (Å²) < 4.78 is 2.15. The van der Waals surface area contributed by atoms with Gasteiger partial charge in [-0.15, -0.1) is 0 Å². The van der Waals surface area contributed by atoms with Crippen LogP contribution in [0.15, 0.2) is 48.5 Å². The van der Waals surface area contributed by atoms with E-state index in [4.69, 9.17) is 0 Å². The van der Waals surface area contributed by atoms with Gasteiger partial charge in [0.05, 0.1) is 20.4 Å². The largest absolute Gasteiger partial charge is 0.341 e. The summed E-state index contributed by atoms with van der Waals surface area (Å²) in [5.41, 5.74) is 1.83. The first-order chi connectivity index (χ1) is 14.0. The highest BCUT2D eigenvalue weighted by molar-refractivity contribution is 7.22.